The molecule has 0 bridgehead atoms. The van der Waals surface area contributed by atoms with Crippen LogP contribution in [-0.2, 0) is 17.6 Å². The van der Waals surface area contributed by atoms with E-state index in [2.05, 4.69) is 26.1 Å². The van der Waals surface area contributed by atoms with Crippen LogP contribution in [0.5, 0.6) is 0 Å². The van der Waals surface area contributed by atoms with Crippen molar-refractivity contribution in [2.75, 3.05) is 0 Å². The fraction of sp³-hybridized carbons (Fsp3) is 0.357. The zero-order valence-electron chi connectivity index (χ0n) is 10.7. The van der Waals surface area contributed by atoms with Gasteiger partial charge >= 0.3 is 0 Å². The van der Waals surface area contributed by atoms with Crippen LogP contribution in [0.3, 0.4) is 0 Å². The highest BCUT2D eigenvalue weighted by Gasteiger charge is 2.11. The summed E-state index contributed by atoms with van der Waals surface area (Å²) in [6, 6.07) is 7.95. The van der Waals surface area contributed by atoms with Gasteiger partial charge in [-0.05, 0) is 24.1 Å². The highest BCUT2D eigenvalue weighted by Crippen LogP contribution is 2.13. The average molecular weight is 323 g/mol. The van der Waals surface area contributed by atoms with E-state index in [4.69, 9.17) is 4.52 Å². The van der Waals surface area contributed by atoms with Gasteiger partial charge in [0.05, 0.1) is 6.42 Å². The van der Waals surface area contributed by atoms with Crippen molar-refractivity contribution in [3.05, 3.63) is 46.0 Å². The van der Waals surface area contributed by atoms with Crippen molar-refractivity contribution in [1.29, 1.82) is 0 Å². The van der Waals surface area contributed by atoms with E-state index in [1.807, 2.05) is 31.2 Å². The van der Waals surface area contributed by atoms with Crippen LogP contribution in [0.4, 0.5) is 0 Å². The molecule has 0 saturated carbocycles. The maximum atomic E-state index is 11.5. The van der Waals surface area contributed by atoms with E-state index in [0.717, 1.165) is 16.5 Å². The number of aromatic nitrogens is 2. The molecule has 0 atom stereocenters. The molecule has 0 aliphatic rings. The van der Waals surface area contributed by atoms with Crippen molar-refractivity contribution >= 4 is 21.7 Å². The lowest BCUT2D eigenvalue weighted by Gasteiger charge is -1.96. The van der Waals surface area contributed by atoms with Crippen LogP contribution in [0.15, 0.2) is 33.3 Å². The van der Waals surface area contributed by atoms with Crippen LogP contribution in [0.25, 0.3) is 0 Å². The first-order chi connectivity index (χ1) is 9.17. The Morgan fingerprint density at radius 1 is 1.32 bits per heavy atom. The van der Waals surface area contributed by atoms with Crippen molar-refractivity contribution in [2.24, 2.45) is 0 Å². The quantitative estimate of drug-likeness (QED) is 0.818. The molecule has 0 spiro atoms. The van der Waals surface area contributed by atoms with E-state index in [1.54, 1.807) is 0 Å². The molecule has 19 heavy (non-hydrogen) atoms. The van der Waals surface area contributed by atoms with Crippen LogP contribution in [-0.4, -0.2) is 15.9 Å². The third kappa shape index (κ3) is 4.28. The van der Waals surface area contributed by atoms with E-state index in [1.165, 1.54) is 0 Å². The number of ketones is 1. The Hall–Kier alpha value is -1.49. The molecule has 2 rings (SSSR count). The average Bonchev–Trinajstić information content (AvgIpc) is 2.80. The van der Waals surface area contributed by atoms with Gasteiger partial charge < -0.3 is 4.52 Å². The molecule has 1 aromatic carbocycles. The monoisotopic (exact) mass is 322 g/mol. The van der Waals surface area contributed by atoms with Crippen LogP contribution in [0.2, 0.25) is 0 Å². The van der Waals surface area contributed by atoms with Crippen LogP contribution in [0, 0.1) is 0 Å². The standard InChI is InChI=1S/C14H15BrN2O2/c1-2-3-12(18)9-14-16-13(17-19-14)8-10-4-6-11(15)7-5-10/h4-7H,2-3,8-9H2,1H3. The van der Waals surface area contributed by atoms with Gasteiger partial charge in [0, 0.05) is 17.3 Å². The van der Waals surface area contributed by atoms with Crippen molar-refractivity contribution in [1.82, 2.24) is 10.1 Å². The van der Waals surface area contributed by atoms with Crippen molar-refractivity contribution in [2.45, 2.75) is 32.6 Å². The summed E-state index contributed by atoms with van der Waals surface area (Å²) >= 11 is 3.39. The molecule has 0 aliphatic carbocycles. The molecule has 5 heteroatoms. The first-order valence-corrected chi connectivity index (χ1v) is 7.04. The minimum atomic E-state index is 0.140. The summed E-state index contributed by atoms with van der Waals surface area (Å²) in [5.41, 5.74) is 1.11. The molecule has 1 aromatic heterocycles. The number of carbonyl (C=O) groups excluding carboxylic acids is 1. The molecule has 0 saturated heterocycles. The minimum Gasteiger partial charge on any atom is -0.339 e. The first-order valence-electron chi connectivity index (χ1n) is 6.25. The van der Waals surface area contributed by atoms with E-state index >= 15 is 0 Å². The molecule has 0 fully saturated rings. The molecule has 1 heterocycles. The van der Waals surface area contributed by atoms with Gasteiger partial charge in [-0.1, -0.05) is 40.1 Å². The second-order valence-corrected chi connectivity index (χ2v) is 5.29. The van der Waals surface area contributed by atoms with Crippen LogP contribution in [0.1, 0.15) is 37.0 Å². The zero-order chi connectivity index (χ0) is 13.7. The molecule has 0 radical (unpaired) electrons. The number of rotatable bonds is 6. The Balaban J connectivity index is 1.97. The largest absolute Gasteiger partial charge is 0.339 e. The lowest BCUT2D eigenvalue weighted by Crippen LogP contribution is -2.02. The zero-order valence-corrected chi connectivity index (χ0v) is 12.3. The number of nitrogens with zero attached hydrogens (tertiary/aromatic N) is 2. The van der Waals surface area contributed by atoms with E-state index in [0.29, 0.717) is 24.6 Å². The Bertz CT molecular complexity index is 549. The number of benzene rings is 1. The summed E-state index contributed by atoms with van der Waals surface area (Å²) in [7, 11) is 0. The number of hydrogen-bond donors (Lipinski definition) is 0. The Kier molecular flexibility index (Phi) is 4.85. The number of carbonyl (C=O) groups is 1. The molecule has 0 N–H and O–H groups in total. The van der Waals surface area contributed by atoms with Crippen molar-refractivity contribution < 1.29 is 9.32 Å². The van der Waals surface area contributed by atoms with Gasteiger partial charge in [0.15, 0.2) is 5.82 Å². The lowest BCUT2D eigenvalue weighted by molar-refractivity contribution is -0.118. The number of Topliss-reactive ketones (excluding diaryl/α,β-unsaturated/α-hetero) is 1. The molecular formula is C14H15BrN2O2. The molecular weight excluding hydrogens is 308 g/mol. The van der Waals surface area contributed by atoms with E-state index in [9.17, 15) is 4.79 Å². The van der Waals surface area contributed by atoms with Gasteiger partial charge in [-0.25, -0.2) is 0 Å². The molecule has 0 amide bonds. The number of halogens is 1. The second kappa shape index (κ2) is 6.61. The third-order valence-electron chi connectivity index (χ3n) is 2.66. The van der Waals surface area contributed by atoms with Gasteiger partial charge in [-0.15, -0.1) is 0 Å². The van der Waals surface area contributed by atoms with Crippen LogP contribution < -0.4 is 0 Å². The lowest BCUT2D eigenvalue weighted by atomic mass is 10.1. The predicted molar refractivity (Wildman–Crippen MR) is 74.9 cm³/mol. The Morgan fingerprint density at radius 2 is 2.05 bits per heavy atom. The van der Waals surface area contributed by atoms with Crippen molar-refractivity contribution in [3.63, 3.8) is 0 Å². The summed E-state index contributed by atoms with van der Waals surface area (Å²) < 4.78 is 6.12. The molecule has 2 aromatic rings. The second-order valence-electron chi connectivity index (χ2n) is 4.37. The predicted octanol–water partition coefficient (Wildman–Crippen LogP) is 3.33. The summed E-state index contributed by atoms with van der Waals surface area (Å²) in [4.78, 5) is 15.7. The Labute approximate surface area is 120 Å². The van der Waals surface area contributed by atoms with Gasteiger partial charge in [-0.3, -0.25) is 4.79 Å². The van der Waals surface area contributed by atoms with E-state index < -0.39 is 0 Å². The van der Waals surface area contributed by atoms with Gasteiger partial charge in [-0.2, -0.15) is 4.98 Å². The molecule has 0 unspecified atom stereocenters. The molecule has 100 valence electrons. The topological polar surface area (TPSA) is 56.0 Å². The van der Waals surface area contributed by atoms with Gasteiger partial charge in [0.1, 0.15) is 5.78 Å². The van der Waals surface area contributed by atoms with Gasteiger partial charge in [0.25, 0.3) is 0 Å². The minimum absolute atomic E-state index is 0.140. The van der Waals surface area contributed by atoms with Gasteiger partial charge in [0.2, 0.25) is 5.89 Å². The smallest absolute Gasteiger partial charge is 0.234 e. The number of hydrogen-bond acceptors (Lipinski definition) is 4. The van der Waals surface area contributed by atoms with Crippen LogP contribution >= 0.6 is 15.9 Å². The SMILES string of the molecule is CCCC(=O)Cc1nc(Cc2ccc(Br)cc2)no1. The summed E-state index contributed by atoms with van der Waals surface area (Å²) in [5.74, 6) is 1.16. The highest BCUT2D eigenvalue weighted by atomic mass is 79.9. The highest BCUT2D eigenvalue weighted by molar-refractivity contribution is 9.10. The fourth-order valence-corrected chi connectivity index (χ4v) is 2.02. The van der Waals surface area contributed by atoms with Crippen molar-refractivity contribution in [3.8, 4) is 0 Å². The Morgan fingerprint density at radius 3 is 2.74 bits per heavy atom. The van der Waals surface area contributed by atoms with E-state index in [-0.39, 0.29) is 12.2 Å². The molecule has 0 aliphatic heterocycles. The maximum Gasteiger partial charge on any atom is 0.234 e. The normalized spacial score (nSPS) is 10.6. The first kappa shape index (κ1) is 13.9. The fourth-order valence-electron chi connectivity index (χ4n) is 1.75. The molecule has 4 nitrogen and oxygen atoms in total. The third-order valence-corrected chi connectivity index (χ3v) is 3.19. The maximum absolute atomic E-state index is 11.5. The summed E-state index contributed by atoms with van der Waals surface area (Å²) in [6.07, 6.45) is 2.25. The summed E-state index contributed by atoms with van der Waals surface area (Å²) in [5, 5.41) is 3.90. The summed E-state index contributed by atoms with van der Waals surface area (Å²) in [6.45, 7) is 1.98.